The molecule has 0 saturated heterocycles. The lowest BCUT2D eigenvalue weighted by molar-refractivity contribution is -0.219. The minimum absolute atomic E-state index is 0.0383. The van der Waals surface area contributed by atoms with Gasteiger partial charge in [-0.3, -0.25) is 4.98 Å². The second-order valence-corrected chi connectivity index (χ2v) is 8.66. The molecule has 0 aliphatic carbocycles. The number of hydrogen-bond acceptors (Lipinski definition) is 3. The lowest BCUT2D eigenvalue weighted by atomic mass is 9.82. The van der Waals surface area contributed by atoms with Crippen molar-refractivity contribution >= 4 is 0 Å². The van der Waals surface area contributed by atoms with Crippen LogP contribution < -0.4 is 0 Å². The van der Waals surface area contributed by atoms with Gasteiger partial charge in [-0.05, 0) is 38.0 Å². The van der Waals surface area contributed by atoms with E-state index in [9.17, 15) is 18.3 Å². The topological polar surface area (TPSA) is 61.8 Å². The summed E-state index contributed by atoms with van der Waals surface area (Å²) in [6.45, 7) is 6.27. The number of halogens is 3. The highest BCUT2D eigenvalue weighted by Gasteiger charge is 2.49. The SMILES string of the molecule is CCC(C)(Cc1cnc(C(C)(O)Cc2ccc(-c3cccc(C)n3)cc2)[nH]1)C(F)(F)F. The maximum Gasteiger partial charge on any atom is 0.394 e. The van der Waals surface area contributed by atoms with Crippen LogP contribution in [0.15, 0.2) is 48.7 Å². The van der Waals surface area contributed by atoms with Crippen LogP contribution in [0.4, 0.5) is 13.2 Å². The van der Waals surface area contributed by atoms with Gasteiger partial charge in [0.25, 0.3) is 0 Å². The van der Waals surface area contributed by atoms with Crippen LogP contribution in [0, 0.1) is 12.3 Å². The molecule has 2 N–H and O–H groups in total. The Balaban J connectivity index is 1.74. The van der Waals surface area contributed by atoms with Crippen LogP contribution in [0.1, 0.15) is 50.0 Å². The smallest absolute Gasteiger partial charge is 0.382 e. The summed E-state index contributed by atoms with van der Waals surface area (Å²) in [5.74, 6) is 0.257. The largest absolute Gasteiger partial charge is 0.394 e. The van der Waals surface area contributed by atoms with Crippen molar-refractivity contribution in [3.63, 3.8) is 0 Å². The van der Waals surface area contributed by atoms with E-state index in [1.165, 1.54) is 20.0 Å². The molecule has 2 unspecified atom stereocenters. The van der Waals surface area contributed by atoms with Crippen LogP contribution in [0.25, 0.3) is 11.3 Å². The molecule has 3 rings (SSSR count). The van der Waals surface area contributed by atoms with Crippen molar-refractivity contribution in [2.24, 2.45) is 5.41 Å². The fraction of sp³-hybridized carbons (Fsp3) is 0.417. The summed E-state index contributed by atoms with van der Waals surface area (Å²) in [6.07, 6.45) is -2.91. The molecule has 0 aliphatic heterocycles. The van der Waals surface area contributed by atoms with Crippen molar-refractivity contribution in [3.05, 3.63) is 71.4 Å². The number of pyridine rings is 1. The number of aryl methyl sites for hydroxylation is 1. The number of aromatic nitrogens is 3. The number of benzene rings is 1. The monoisotopic (exact) mass is 431 g/mol. The molecule has 2 aromatic heterocycles. The molecule has 2 atom stereocenters. The van der Waals surface area contributed by atoms with E-state index in [0.29, 0.717) is 5.69 Å². The molecule has 0 bridgehead atoms. The zero-order chi connectivity index (χ0) is 22.9. The second-order valence-electron chi connectivity index (χ2n) is 8.66. The molecular weight excluding hydrogens is 403 g/mol. The summed E-state index contributed by atoms with van der Waals surface area (Å²) in [5, 5.41) is 11.0. The van der Waals surface area contributed by atoms with Gasteiger partial charge in [0.1, 0.15) is 11.4 Å². The normalized spacial score (nSPS) is 16.0. The van der Waals surface area contributed by atoms with Gasteiger partial charge in [-0.25, -0.2) is 4.98 Å². The Kier molecular flexibility index (Phi) is 6.28. The third-order valence-corrected chi connectivity index (χ3v) is 5.87. The summed E-state index contributed by atoms with van der Waals surface area (Å²) in [5.41, 5.74) is 0.828. The highest BCUT2D eigenvalue weighted by atomic mass is 19.4. The quantitative estimate of drug-likeness (QED) is 0.501. The van der Waals surface area contributed by atoms with Crippen LogP contribution in [-0.2, 0) is 18.4 Å². The van der Waals surface area contributed by atoms with Crippen molar-refractivity contribution in [1.82, 2.24) is 15.0 Å². The van der Waals surface area contributed by atoms with Crippen molar-refractivity contribution in [2.45, 2.75) is 58.7 Å². The van der Waals surface area contributed by atoms with Gasteiger partial charge in [-0.15, -0.1) is 0 Å². The first-order valence-electron chi connectivity index (χ1n) is 10.3. The summed E-state index contributed by atoms with van der Waals surface area (Å²) >= 11 is 0. The van der Waals surface area contributed by atoms with Crippen LogP contribution in [-0.4, -0.2) is 26.2 Å². The van der Waals surface area contributed by atoms with E-state index in [4.69, 9.17) is 0 Å². The maximum absolute atomic E-state index is 13.4. The molecule has 0 saturated carbocycles. The maximum atomic E-state index is 13.4. The van der Waals surface area contributed by atoms with Crippen molar-refractivity contribution in [1.29, 1.82) is 0 Å². The molecular formula is C24H28F3N3O. The predicted octanol–water partition coefficient (Wildman–Crippen LogP) is 5.75. The van der Waals surface area contributed by atoms with E-state index in [2.05, 4.69) is 15.0 Å². The minimum Gasteiger partial charge on any atom is -0.382 e. The van der Waals surface area contributed by atoms with Gasteiger partial charge in [0, 0.05) is 36.0 Å². The van der Waals surface area contributed by atoms with Crippen molar-refractivity contribution in [2.75, 3.05) is 0 Å². The molecule has 0 spiro atoms. The number of H-pyrrole nitrogens is 1. The summed E-state index contributed by atoms with van der Waals surface area (Å²) in [7, 11) is 0. The zero-order valence-corrected chi connectivity index (χ0v) is 18.2. The van der Waals surface area contributed by atoms with Crippen LogP contribution >= 0.6 is 0 Å². The summed E-state index contributed by atoms with van der Waals surface area (Å²) < 4.78 is 40.2. The highest BCUT2D eigenvalue weighted by Crippen LogP contribution is 2.43. The van der Waals surface area contributed by atoms with Gasteiger partial charge in [-0.2, -0.15) is 13.2 Å². The fourth-order valence-corrected chi connectivity index (χ4v) is 3.55. The fourth-order valence-electron chi connectivity index (χ4n) is 3.55. The Morgan fingerprint density at radius 2 is 1.68 bits per heavy atom. The number of aliphatic hydroxyl groups is 1. The Bertz CT molecular complexity index is 1030. The molecule has 3 aromatic rings. The van der Waals surface area contributed by atoms with Gasteiger partial charge >= 0.3 is 6.18 Å². The van der Waals surface area contributed by atoms with Gasteiger partial charge in [0.15, 0.2) is 0 Å². The summed E-state index contributed by atoms with van der Waals surface area (Å²) in [4.78, 5) is 11.6. The van der Waals surface area contributed by atoms with Crippen molar-refractivity contribution < 1.29 is 18.3 Å². The first-order valence-corrected chi connectivity index (χ1v) is 10.3. The predicted molar refractivity (Wildman–Crippen MR) is 114 cm³/mol. The van der Waals surface area contributed by atoms with Gasteiger partial charge < -0.3 is 10.1 Å². The second kappa shape index (κ2) is 8.46. The number of nitrogens with one attached hydrogen (secondary N) is 1. The number of alkyl halides is 3. The number of rotatable bonds is 7. The number of imidazole rings is 1. The number of aromatic amines is 1. The Morgan fingerprint density at radius 1 is 1.00 bits per heavy atom. The van der Waals surface area contributed by atoms with E-state index in [1.807, 2.05) is 49.4 Å². The first-order chi connectivity index (χ1) is 14.4. The molecule has 0 aliphatic rings. The Hall–Kier alpha value is -2.67. The third kappa shape index (κ3) is 5.15. The molecule has 0 fully saturated rings. The molecule has 166 valence electrons. The zero-order valence-electron chi connectivity index (χ0n) is 18.2. The lowest BCUT2D eigenvalue weighted by Gasteiger charge is -2.30. The number of hydrogen-bond donors (Lipinski definition) is 2. The van der Waals surface area contributed by atoms with Crippen LogP contribution in [0.3, 0.4) is 0 Å². The highest BCUT2D eigenvalue weighted by molar-refractivity contribution is 5.59. The Labute approximate surface area is 180 Å². The minimum atomic E-state index is -4.32. The average molecular weight is 432 g/mol. The van der Waals surface area contributed by atoms with Crippen LogP contribution in [0.5, 0.6) is 0 Å². The molecule has 31 heavy (non-hydrogen) atoms. The average Bonchev–Trinajstić information content (AvgIpc) is 3.16. The molecule has 1 aromatic carbocycles. The summed E-state index contributed by atoms with van der Waals surface area (Å²) in [6, 6.07) is 13.5. The number of nitrogens with zero attached hydrogens (tertiary/aromatic N) is 2. The van der Waals surface area contributed by atoms with Crippen molar-refractivity contribution in [3.8, 4) is 11.3 Å². The van der Waals surface area contributed by atoms with E-state index in [1.54, 1.807) is 6.92 Å². The van der Waals surface area contributed by atoms with Gasteiger partial charge in [0.2, 0.25) is 0 Å². The molecule has 7 heteroatoms. The van der Waals surface area contributed by atoms with E-state index < -0.39 is 17.2 Å². The lowest BCUT2D eigenvalue weighted by Crippen LogP contribution is -2.36. The molecule has 4 nitrogen and oxygen atoms in total. The van der Waals surface area contributed by atoms with E-state index >= 15 is 0 Å². The standard InChI is InChI=1S/C24H28F3N3O/c1-5-22(3,24(25,26)27)14-19-15-28-21(30-19)23(4,31)13-17-9-11-18(12-10-17)20-8-6-7-16(2)29-20/h6-12,15,31H,5,13-14H2,1-4H3,(H,28,30). The third-order valence-electron chi connectivity index (χ3n) is 5.87. The van der Waals surface area contributed by atoms with E-state index in [-0.39, 0.29) is 25.1 Å². The molecule has 0 radical (unpaired) electrons. The molecule has 0 amide bonds. The van der Waals surface area contributed by atoms with Gasteiger partial charge in [0.05, 0.1) is 11.1 Å². The Morgan fingerprint density at radius 3 is 2.26 bits per heavy atom. The van der Waals surface area contributed by atoms with Crippen LogP contribution in [0.2, 0.25) is 0 Å². The van der Waals surface area contributed by atoms with Gasteiger partial charge in [-0.1, -0.05) is 44.2 Å². The molecule has 2 heterocycles. The first kappa shape index (κ1) is 23.0. The van der Waals surface area contributed by atoms with E-state index in [0.717, 1.165) is 22.5 Å².